The molecule has 0 fully saturated rings. The lowest BCUT2D eigenvalue weighted by atomic mass is 10.1. The molecule has 5 nitrogen and oxygen atoms in total. The number of anilines is 1. The maximum atomic E-state index is 12.1. The zero-order valence-electron chi connectivity index (χ0n) is 13.3. The molecule has 1 aromatic heterocycles. The fourth-order valence-electron chi connectivity index (χ4n) is 1.98. The SMILES string of the molecule is CCC(C)Nc1ccc(C(=O)NCc2cccc(C)c2)nn1. The molecule has 0 saturated carbocycles. The molecule has 2 aromatic rings. The summed E-state index contributed by atoms with van der Waals surface area (Å²) in [7, 11) is 0. The molecule has 1 amide bonds. The zero-order chi connectivity index (χ0) is 15.9. The number of aromatic nitrogens is 2. The predicted octanol–water partition coefficient (Wildman–Crippen LogP) is 2.93. The first kappa shape index (κ1) is 15.9. The van der Waals surface area contributed by atoms with Gasteiger partial charge in [0.15, 0.2) is 5.69 Å². The lowest BCUT2D eigenvalue weighted by Gasteiger charge is -2.11. The van der Waals surface area contributed by atoms with Crippen molar-refractivity contribution in [1.82, 2.24) is 15.5 Å². The van der Waals surface area contributed by atoms with Crippen molar-refractivity contribution < 1.29 is 4.79 Å². The van der Waals surface area contributed by atoms with Crippen LogP contribution in [-0.4, -0.2) is 22.1 Å². The average molecular weight is 298 g/mol. The Kier molecular flexibility index (Phi) is 5.47. The maximum absolute atomic E-state index is 12.1. The van der Waals surface area contributed by atoms with Gasteiger partial charge in [0.1, 0.15) is 5.82 Å². The van der Waals surface area contributed by atoms with Gasteiger partial charge in [0, 0.05) is 12.6 Å². The van der Waals surface area contributed by atoms with Gasteiger partial charge in [-0.1, -0.05) is 36.8 Å². The van der Waals surface area contributed by atoms with Gasteiger partial charge in [-0.15, -0.1) is 10.2 Å². The summed E-state index contributed by atoms with van der Waals surface area (Å²) >= 11 is 0. The molecule has 0 aliphatic heterocycles. The molecule has 1 atom stereocenters. The summed E-state index contributed by atoms with van der Waals surface area (Å²) in [4.78, 5) is 12.1. The first-order valence-corrected chi connectivity index (χ1v) is 7.52. The van der Waals surface area contributed by atoms with Crippen LogP contribution >= 0.6 is 0 Å². The van der Waals surface area contributed by atoms with Crippen LogP contribution in [0.3, 0.4) is 0 Å². The second kappa shape index (κ2) is 7.54. The minimum Gasteiger partial charge on any atom is -0.366 e. The van der Waals surface area contributed by atoms with Crippen LogP contribution < -0.4 is 10.6 Å². The molecule has 22 heavy (non-hydrogen) atoms. The first-order valence-electron chi connectivity index (χ1n) is 7.52. The molecule has 1 unspecified atom stereocenters. The standard InChI is InChI=1S/C17H22N4O/c1-4-13(3)19-16-9-8-15(20-21-16)17(22)18-11-14-7-5-6-12(2)10-14/h5-10,13H,4,11H2,1-3H3,(H,18,22)(H,19,21). The lowest BCUT2D eigenvalue weighted by Crippen LogP contribution is -2.24. The summed E-state index contributed by atoms with van der Waals surface area (Å²) in [5.74, 6) is 0.466. The van der Waals surface area contributed by atoms with E-state index in [0.29, 0.717) is 24.1 Å². The van der Waals surface area contributed by atoms with E-state index < -0.39 is 0 Å². The third kappa shape index (κ3) is 4.55. The molecule has 1 aromatic carbocycles. The van der Waals surface area contributed by atoms with Crippen LogP contribution in [0.2, 0.25) is 0 Å². The van der Waals surface area contributed by atoms with E-state index in [-0.39, 0.29) is 5.91 Å². The molecule has 0 saturated heterocycles. The Morgan fingerprint density at radius 3 is 2.68 bits per heavy atom. The number of amides is 1. The van der Waals surface area contributed by atoms with E-state index in [1.54, 1.807) is 12.1 Å². The smallest absolute Gasteiger partial charge is 0.272 e. The van der Waals surface area contributed by atoms with Crippen molar-refractivity contribution in [2.24, 2.45) is 0 Å². The van der Waals surface area contributed by atoms with Crippen LogP contribution in [0.25, 0.3) is 0 Å². The van der Waals surface area contributed by atoms with E-state index in [1.165, 1.54) is 5.56 Å². The molecule has 1 heterocycles. The summed E-state index contributed by atoms with van der Waals surface area (Å²) in [5, 5.41) is 14.1. The number of nitrogens with zero attached hydrogens (tertiary/aromatic N) is 2. The Balaban J connectivity index is 1.92. The molecule has 2 rings (SSSR count). The maximum Gasteiger partial charge on any atom is 0.272 e. The van der Waals surface area contributed by atoms with Gasteiger partial charge in [-0.05, 0) is 38.0 Å². The van der Waals surface area contributed by atoms with Crippen LogP contribution in [-0.2, 0) is 6.54 Å². The van der Waals surface area contributed by atoms with Crippen molar-refractivity contribution in [1.29, 1.82) is 0 Å². The second-order valence-corrected chi connectivity index (χ2v) is 5.43. The molecule has 5 heteroatoms. The minimum atomic E-state index is -0.218. The minimum absolute atomic E-state index is 0.218. The van der Waals surface area contributed by atoms with Crippen molar-refractivity contribution in [3.8, 4) is 0 Å². The van der Waals surface area contributed by atoms with E-state index in [4.69, 9.17) is 0 Å². The second-order valence-electron chi connectivity index (χ2n) is 5.43. The molecular formula is C17H22N4O. The van der Waals surface area contributed by atoms with Gasteiger partial charge in [-0.25, -0.2) is 0 Å². The zero-order valence-corrected chi connectivity index (χ0v) is 13.3. The van der Waals surface area contributed by atoms with E-state index in [1.807, 2.05) is 31.2 Å². The van der Waals surface area contributed by atoms with Gasteiger partial charge >= 0.3 is 0 Å². The highest BCUT2D eigenvalue weighted by molar-refractivity contribution is 5.92. The fourth-order valence-corrected chi connectivity index (χ4v) is 1.98. The number of hydrogen-bond acceptors (Lipinski definition) is 4. The van der Waals surface area contributed by atoms with Gasteiger partial charge < -0.3 is 10.6 Å². The van der Waals surface area contributed by atoms with Crippen molar-refractivity contribution >= 4 is 11.7 Å². The van der Waals surface area contributed by atoms with Crippen LogP contribution in [0.4, 0.5) is 5.82 Å². The van der Waals surface area contributed by atoms with Crippen LogP contribution in [0, 0.1) is 6.92 Å². The number of aryl methyl sites for hydroxylation is 1. The Morgan fingerprint density at radius 1 is 1.23 bits per heavy atom. The Morgan fingerprint density at radius 2 is 2.05 bits per heavy atom. The van der Waals surface area contributed by atoms with Gasteiger partial charge in [0.05, 0.1) is 0 Å². The van der Waals surface area contributed by atoms with Crippen molar-refractivity contribution in [2.75, 3.05) is 5.32 Å². The first-order chi connectivity index (χ1) is 10.6. The number of nitrogens with one attached hydrogen (secondary N) is 2. The highest BCUT2D eigenvalue weighted by atomic mass is 16.1. The van der Waals surface area contributed by atoms with Crippen LogP contribution in [0.1, 0.15) is 41.9 Å². The number of carbonyl (C=O) groups is 1. The van der Waals surface area contributed by atoms with E-state index in [2.05, 4.69) is 34.7 Å². The van der Waals surface area contributed by atoms with Crippen molar-refractivity contribution in [3.05, 3.63) is 53.2 Å². The highest BCUT2D eigenvalue weighted by Gasteiger charge is 2.08. The third-order valence-electron chi connectivity index (χ3n) is 3.44. The molecule has 0 bridgehead atoms. The monoisotopic (exact) mass is 298 g/mol. The van der Waals surface area contributed by atoms with E-state index in [9.17, 15) is 4.79 Å². The van der Waals surface area contributed by atoms with Gasteiger partial charge in [0.25, 0.3) is 5.91 Å². The summed E-state index contributed by atoms with van der Waals surface area (Å²) in [6.45, 7) is 6.68. The Labute approximate surface area is 131 Å². The molecule has 0 aliphatic rings. The van der Waals surface area contributed by atoms with E-state index >= 15 is 0 Å². The molecule has 0 aliphatic carbocycles. The number of carbonyl (C=O) groups excluding carboxylic acids is 1. The van der Waals surface area contributed by atoms with E-state index in [0.717, 1.165) is 12.0 Å². The van der Waals surface area contributed by atoms with Crippen LogP contribution in [0.15, 0.2) is 36.4 Å². The Bertz CT molecular complexity index is 625. The number of rotatable bonds is 6. The average Bonchev–Trinajstić information content (AvgIpc) is 2.53. The summed E-state index contributed by atoms with van der Waals surface area (Å²) in [6.07, 6.45) is 1.00. The predicted molar refractivity (Wildman–Crippen MR) is 87.8 cm³/mol. The molecule has 0 radical (unpaired) electrons. The quantitative estimate of drug-likeness (QED) is 0.860. The molecule has 0 spiro atoms. The highest BCUT2D eigenvalue weighted by Crippen LogP contribution is 2.07. The number of hydrogen-bond donors (Lipinski definition) is 2. The Hall–Kier alpha value is -2.43. The van der Waals surface area contributed by atoms with Crippen molar-refractivity contribution in [2.45, 2.75) is 39.8 Å². The van der Waals surface area contributed by atoms with Gasteiger partial charge in [-0.3, -0.25) is 4.79 Å². The van der Waals surface area contributed by atoms with Gasteiger partial charge in [-0.2, -0.15) is 0 Å². The molecule has 2 N–H and O–H groups in total. The number of benzene rings is 1. The summed E-state index contributed by atoms with van der Waals surface area (Å²) < 4.78 is 0. The summed E-state index contributed by atoms with van der Waals surface area (Å²) in [5.41, 5.74) is 2.56. The van der Waals surface area contributed by atoms with Gasteiger partial charge in [0.2, 0.25) is 0 Å². The largest absolute Gasteiger partial charge is 0.366 e. The third-order valence-corrected chi connectivity index (χ3v) is 3.44. The molecule has 116 valence electrons. The topological polar surface area (TPSA) is 66.9 Å². The van der Waals surface area contributed by atoms with Crippen molar-refractivity contribution in [3.63, 3.8) is 0 Å². The molecular weight excluding hydrogens is 276 g/mol. The lowest BCUT2D eigenvalue weighted by molar-refractivity contribution is 0.0945. The summed E-state index contributed by atoms with van der Waals surface area (Å²) in [6, 6.07) is 11.8. The van der Waals surface area contributed by atoms with Crippen LogP contribution in [0.5, 0.6) is 0 Å². The normalized spacial score (nSPS) is 11.8. The fraction of sp³-hybridized carbons (Fsp3) is 0.353.